The number of benzene rings is 1. The van der Waals surface area contributed by atoms with Crippen LogP contribution in [0.25, 0.3) is 0 Å². The molecule has 7 heteroatoms. The van der Waals surface area contributed by atoms with E-state index in [1.54, 1.807) is 12.1 Å². The molecule has 1 aromatic carbocycles. The number of rotatable bonds is 7. The third-order valence-corrected chi connectivity index (χ3v) is 4.70. The van der Waals surface area contributed by atoms with Gasteiger partial charge in [0.25, 0.3) is 0 Å². The highest BCUT2D eigenvalue weighted by molar-refractivity contribution is 5.98. The van der Waals surface area contributed by atoms with Crippen molar-refractivity contribution in [3.05, 3.63) is 57.4 Å². The van der Waals surface area contributed by atoms with Crippen molar-refractivity contribution in [2.24, 2.45) is 0 Å². The van der Waals surface area contributed by atoms with E-state index >= 15 is 0 Å². The van der Waals surface area contributed by atoms with Gasteiger partial charge in [-0.1, -0.05) is 12.1 Å². The number of hydrogen-bond donors (Lipinski definition) is 0. The molecule has 2 aromatic rings. The number of nitro benzene ring substituents is 1. The van der Waals surface area contributed by atoms with Crippen LogP contribution in [-0.4, -0.2) is 34.6 Å². The van der Waals surface area contributed by atoms with E-state index in [0.717, 1.165) is 37.4 Å². The number of ether oxygens (including phenoxy) is 2. The second-order valence-electron chi connectivity index (χ2n) is 6.47. The van der Waals surface area contributed by atoms with E-state index in [-0.39, 0.29) is 29.9 Å². The zero-order valence-corrected chi connectivity index (χ0v) is 14.9. The van der Waals surface area contributed by atoms with Gasteiger partial charge in [0, 0.05) is 36.2 Å². The van der Waals surface area contributed by atoms with E-state index in [1.165, 1.54) is 12.1 Å². The van der Waals surface area contributed by atoms with Gasteiger partial charge in [0.05, 0.1) is 11.0 Å². The molecule has 26 heavy (non-hydrogen) atoms. The fraction of sp³-hybridized carbons (Fsp3) is 0.421. The molecule has 2 heterocycles. The standard InChI is InChI=1S/C19H22N2O5/c1-13-10-16(14(2)20(13)11-15-6-5-9-25-15)18(22)12-26-19-8-4-3-7-17(19)21(23)24/h3-4,7-8,10,15H,5-6,9,11-12H2,1-2H3. The highest BCUT2D eigenvalue weighted by Crippen LogP contribution is 2.26. The maximum atomic E-state index is 12.6. The molecule has 0 N–H and O–H groups in total. The van der Waals surface area contributed by atoms with E-state index in [2.05, 4.69) is 4.57 Å². The number of aryl methyl sites for hydroxylation is 1. The first-order chi connectivity index (χ1) is 12.5. The van der Waals surface area contributed by atoms with Crippen LogP contribution in [-0.2, 0) is 11.3 Å². The summed E-state index contributed by atoms with van der Waals surface area (Å²) in [7, 11) is 0. The smallest absolute Gasteiger partial charge is 0.310 e. The van der Waals surface area contributed by atoms with Crippen molar-refractivity contribution in [3.63, 3.8) is 0 Å². The fourth-order valence-corrected chi connectivity index (χ4v) is 3.31. The Morgan fingerprint density at radius 2 is 2.15 bits per heavy atom. The third-order valence-electron chi connectivity index (χ3n) is 4.70. The minimum atomic E-state index is -0.521. The molecule has 138 valence electrons. The fourth-order valence-electron chi connectivity index (χ4n) is 3.31. The van der Waals surface area contributed by atoms with Crippen molar-refractivity contribution >= 4 is 11.5 Å². The summed E-state index contributed by atoms with van der Waals surface area (Å²) in [6, 6.07) is 7.89. The summed E-state index contributed by atoms with van der Waals surface area (Å²) in [5, 5.41) is 11.0. The van der Waals surface area contributed by atoms with E-state index in [0.29, 0.717) is 5.56 Å². The quantitative estimate of drug-likeness (QED) is 0.430. The molecule has 0 aliphatic carbocycles. The minimum absolute atomic E-state index is 0.0963. The normalized spacial score (nSPS) is 16.6. The Morgan fingerprint density at radius 1 is 1.38 bits per heavy atom. The van der Waals surface area contributed by atoms with Crippen molar-refractivity contribution in [2.45, 2.75) is 39.3 Å². The zero-order valence-electron chi connectivity index (χ0n) is 14.9. The van der Waals surface area contributed by atoms with E-state index in [1.807, 2.05) is 19.9 Å². The summed E-state index contributed by atoms with van der Waals surface area (Å²) < 4.78 is 13.2. The van der Waals surface area contributed by atoms with Crippen LogP contribution in [0.3, 0.4) is 0 Å². The summed E-state index contributed by atoms with van der Waals surface area (Å²) in [6.45, 7) is 5.15. The van der Waals surface area contributed by atoms with Gasteiger partial charge in [-0.2, -0.15) is 0 Å². The van der Waals surface area contributed by atoms with Gasteiger partial charge >= 0.3 is 5.69 Å². The molecule has 0 saturated carbocycles. The Kier molecular flexibility index (Phi) is 5.37. The van der Waals surface area contributed by atoms with Gasteiger partial charge in [0.15, 0.2) is 12.4 Å². The third kappa shape index (κ3) is 3.77. The molecule has 1 saturated heterocycles. The predicted octanol–water partition coefficient (Wildman–Crippen LogP) is 3.45. The molecule has 1 unspecified atom stereocenters. The van der Waals surface area contributed by atoms with Crippen LogP contribution >= 0.6 is 0 Å². The number of hydrogen-bond acceptors (Lipinski definition) is 5. The number of carbonyl (C=O) groups is 1. The van der Waals surface area contributed by atoms with Crippen LogP contribution in [0.4, 0.5) is 5.69 Å². The van der Waals surface area contributed by atoms with Crippen molar-refractivity contribution < 1.29 is 19.2 Å². The van der Waals surface area contributed by atoms with Crippen molar-refractivity contribution in [3.8, 4) is 5.75 Å². The number of carbonyl (C=O) groups excluding carboxylic acids is 1. The molecule has 0 amide bonds. The van der Waals surface area contributed by atoms with Gasteiger partial charge in [-0.3, -0.25) is 14.9 Å². The molecule has 1 atom stereocenters. The average molecular weight is 358 g/mol. The monoisotopic (exact) mass is 358 g/mol. The van der Waals surface area contributed by atoms with Crippen molar-refractivity contribution in [1.29, 1.82) is 0 Å². The number of Topliss-reactive ketones (excluding diaryl/α,β-unsaturated/α-hetero) is 1. The van der Waals surface area contributed by atoms with Gasteiger partial charge in [0.1, 0.15) is 0 Å². The van der Waals surface area contributed by atoms with Gasteiger partial charge < -0.3 is 14.0 Å². The second-order valence-corrected chi connectivity index (χ2v) is 6.47. The number of nitro groups is 1. The number of ketones is 1. The highest BCUT2D eigenvalue weighted by Gasteiger charge is 2.22. The Bertz CT molecular complexity index is 821. The molecule has 1 fully saturated rings. The van der Waals surface area contributed by atoms with Crippen LogP contribution in [0.2, 0.25) is 0 Å². The lowest BCUT2D eigenvalue weighted by Gasteiger charge is -2.14. The lowest BCUT2D eigenvalue weighted by atomic mass is 10.1. The molecule has 1 aliphatic rings. The van der Waals surface area contributed by atoms with E-state index in [9.17, 15) is 14.9 Å². The summed E-state index contributed by atoms with van der Waals surface area (Å²) in [4.78, 5) is 23.1. The van der Waals surface area contributed by atoms with Gasteiger partial charge in [0.2, 0.25) is 5.78 Å². The van der Waals surface area contributed by atoms with E-state index in [4.69, 9.17) is 9.47 Å². The Hall–Kier alpha value is -2.67. The molecule has 0 radical (unpaired) electrons. The van der Waals surface area contributed by atoms with Gasteiger partial charge in [-0.25, -0.2) is 0 Å². The first-order valence-electron chi connectivity index (χ1n) is 8.65. The first-order valence-corrected chi connectivity index (χ1v) is 8.65. The van der Waals surface area contributed by atoms with Crippen molar-refractivity contribution in [2.75, 3.05) is 13.2 Å². The summed E-state index contributed by atoms with van der Waals surface area (Å²) >= 11 is 0. The minimum Gasteiger partial charge on any atom is -0.478 e. The second kappa shape index (κ2) is 7.70. The maximum absolute atomic E-state index is 12.6. The SMILES string of the molecule is Cc1cc(C(=O)COc2ccccc2[N+](=O)[O-])c(C)n1CC1CCCO1. The Labute approximate surface area is 151 Å². The van der Waals surface area contributed by atoms with Crippen LogP contribution in [0.1, 0.15) is 34.6 Å². The molecule has 0 spiro atoms. The molecule has 3 rings (SSSR count). The van der Waals surface area contributed by atoms with Crippen molar-refractivity contribution in [1.82, 2.24) is 4.57 Å². The summed E-state index contributed by atoms with van der Waals surface area (Å²) in [6.07, 6.45) is 2.28. The topological polar surface area (TPSA) is 83.6 Å². The van der Waals surface area contributed by atoms with Gasteiger partial charge in [-0.05, 0) is 38.8 Å². The summed E-state index contributed by atoms with van der Waals surface area (Å²) in [5.74, 6) is -0.103. The highest BCUT2D eigenvalue weighted by atomic mass is 16.6. The predicted molar refractivity (Wildman–Crippen MR) is 95.8 cm³/mol. The lowest BCUT2D eigenvalue weighted by Crippen LogP contribution is -2.18. The van der Waals surface area contributed by atoms with Crippen LogP contribution in [0.5, 0.6) is 5.75 Å². The summed E-state index contributed by atoms with van der Waals surface area (Å²) in [5.41, 5.74) is 2.30. The van der Waals surface area contributed by atoms with Crippen LogP contribution in [0.15, 0.2) is 30.3 Å². The maximum Gasteiger partial charge on any atom is 0.310 e. The Balaban J connectivity index is 1.71. The van der Waals surface area contributed by atoms with E-state index < -0.39 is 4.92 Å². The lowest BCUT2D eigenvalue weighted by molar-refractivity contribution is -0.385. The number of para-hydroxylation sites is 2. The largest absolute Gasteiger partial charge is 0.478 e. The van der Waals surface area contributed by atoms with Crippen LogP contribution in [0, 0.1) is 24.0 Å². The number of aromatic nitrogens is 1. The zero-order chi connectivity index (χ0) is 18.7. The molecule has 7 nitrogen and oxygen atoms in total. The molecule has 1 aromatic heterocycles. The molecule has 0 bridgehead atoms. The number of nitrogens with zero attached hydrogens (tertiary/aromatic N) is 2. The molecule has 1 aliphatic heterocycles. The van der Waals surface area contributed by atoms with Gasteiger partial charge in [-0.15, -0.1) is 0 Å². The first kappa shape index (κ1) is 18.1. The van der Waals surface area contributed by atoms with Crippen LogP contribution < -0.4 is 4.74 Å². The Morgan fingerprint density at radius 3 is 2.85 bits per heavy atom. The molecular weight excluding hydrogens is 336 g/mol. The average Bonchev–Trinajstić information content (AvgIpc) is 3.23. The molecular formula is C19H22N2O5.